The molecule has 1 heteroatoms. The fraction of sp³-hybridized carbons (Fsp3) is 0.625. The summed E-state index contributed by atoms with van der Waals surface area (Å²) in [5.41, 5.74) is 8.89. The molecule has 1 saturated carbocycles. The zero-order valence-corrected chi connectivity index (χ0v) is 10.4. The molecule has 1 fully saturated rings. The predicted molar refractivity (Wildman–Crippen MR) is 76.4 cm³/mol. The first-order valence-electron chi connectivity index (χ1n) is 6.52. The summed E-state index contributed by atoms with van der Waals surface area (Å²) in [6.45, 7) is 4.49. The summed E-state index contributed by atoms with van der Waals surface area (Å²) in [5, 5.41) is 0. The van der Waals surface area contributed by atoms with Gasteiger partial charge in [0.1, 0.15) is 0 Å². The second-order valence-corrected chi connectivity index (χ2v) is 5.43. The van der Waals surface area contributed by atoms with Crippen LogP contribution >= 0.6 is 0 Å². The Bertz CT molecular complexity index is 318. The van der Waals surface area contributed by atoms with Crippen molar-refractivity contribution in [2.24, 2.45) is 5.73 Å². The van der Waals surface area contributed by atoms with E-state index in [0.717, 1.165) is 5.92 Å². The molecule has 0 heterocycles. The molecule has 0 aliphatic heterocycles. The van der Waals surface area contributed by atoms with Gasteiger partial charge in [-0.05, 0) is 48.6 Å². The summed E-state index contributed by atoms with van der Waals surface area (Å²) >= 11 is 0. The molecule has 1 aromatic carbocycles. The molecule has 1 aliphatic carbocycles. The third-order valence-corrected chi connectivity index (χ3v) is 3.85. The molecule has 1 nitrogen and oxygen atoms in total. The van der Waals surface area contributed by atoms with E-state index in [1.54, 1.807) is 0 Å². The standard InChI is InChI=1S/C15H23N.CH4/c1-11(2)12-3-5-13(6-4-12)14-7-9-15(16)10-8-14;/h3-6,11,14-15H,7-10,16H2,1-2H3;1H4. The Morgan fingerprint density at radius 2 is 1.53 bits per heavy atom. The maximum absolute atomic E-state index is 5.94. The first kappa shape index (κ1) is 14.2. The summed E-state index contributed by atoms with van der Waals surface area (Å²) in [6, 6.07) is 9.66. The van der Waals surface area contributed by atoms with Crippen LogP contribution in [0.3, 0.4) is 0 Å². The number of rotatable bonds is 2. The normalized spacial score (nSPS) is 24.5. The van der Waals surface area contributed by atoms with Crippen LogP contribution in [0.25, 0.3) is 0 Å². The molecule has 0 unspecified atom stereocenters. The largest absolute Gasteiger partial charge is 0.328 e. The van der Waals surface area contributed by atoms with Crippen molar-refractivity contribution in [2.45, 2.75) is 64.8 Å². The first-order chi connectivity index (χ1) is 7.66. The minimum absolute atomic E-state index is 0. The number of hydrogen-bond acceptors (Lipinski definition) is 1. The molecule has 0 bridgehead atoms. The van der Waals surface area contributed by atoms with Gasteiger partial charge in [0, 0.05) is 6.04 Å². The molecule has 2 rings (SSSR count). The van der Waals surface area contributed by atoms with E-state index in [-0.39, 0.29) is 7.43 Å². The molecule has 0 atom stereocenters. The Morgan fingerprint density at radius 1 is 1.00 bits per heavy atom. The molecular weight excluding hydrogens is 206 g/mol. The number of hydrogen-bond donors (Lipinski definition) is 1. The van der Waals surface area contributed by atoms with E-state index in [2.05, 4.69) is 38.1 Å². The predicted octanol–water partition coefficient (Wildman–Crippen LogP) is 4.43. The molecular formula is C16H27N. The Morgan fingerprint density at radius 3 is 2.00 bits per heavy atom. The molecule has 0 radical (unpaired) electrons. The number of nitrogens with two attached hydrogens (primary N) is 1. The van der Waals surface area contributed by atoms with Gasteiger partial charge in [0.2, 0.25) is 0 Å². The lowest BCUT2D eigenvalue weighted by molar-refractivity contribution is 0.395. The Balaban J connectivity index is 0.00000144. The average molecular weight is 233 g/mol. The van der Waals surface area contributed by atoms with Crippen molar-refractivity contribution in [3.8, 4) is 0 Å². The van der Waals surface area contributed by atoms with Crippen LogP contribution in [0.1, 0.15) is 69.9 Å². The van der Waals surface area contributed by atoms with Crippen molar-refractivity contribution in [3.63, 3.8) is 0 Å². The van der Waals surface area contributed by atoms with E-state index < -0.39 is 0 Å². The van der Waals surface area contributed by atoms with Gasteiger partial charge < -0.3 is 5.73 Å². The van der Waals surface area contributed by atoms with E-state index in [9.17, 15) is 0 Å². The smallest absolute Gasteiger partial charge is 0.00392 e. The fourth-order valence-electron chi connectivity index (χ4n) is 2.61. The molecule has 1 aromatic rings. The van der Waals surface area contributed by atoms with Crippen molar-refractivity contribution < 1.29 is 0 Å². The van der Waals surface area contributed by atoms with Crippen molar-refractivity contribution in [2.75, 3.05) is 0 Å². The van der Waals surface area contributed by atoms with Gasteiger partial charge in [-0.2, -0.15) is 0 Å². The highest BCUT2D eigenvalue weighted by Crippen LogP contribution is 2.32. The zero-order valence-electron chi connectivity index (χ0n) is 10.4. The lowest BCUT2D eigenvalue weighted by Gasteiger charge is -2.26. The fourth-order valence-corrected chi connectivity index (χ4v) is 2.61. The summed E-state index contributed by atoms with van der Waals surface area (Å²) in [7, 11) is 0. The van der Waals surface area contributed by atoms with Gasteiger partial charge in [0.25, 0.3) is 0 Å². The Labute approximate surface area is 106 Å². The lowest BCUT2D eigenvalue weighted by atomic mass is 9.81. The monoisotopic (exact) mass is 233 g/mol. The van der Waals surface area contributed by atoms with Gasteiger partial charge in [-0.1, -0.05) is 45.5 Å². The van der Waals surface area contributed by atoms with Gasteiger partial charge in [-0.15, -0.1) is 0 Å². The second kappa shape index (κ2) is 6.20. The van der Waals surface area contributed by atoms with Crippen LogP contribution in [0.15, 0.2) is 24.3 Å². The van der Waals surface area contributed by atoms with Crippen LogP contribution in [-0.4, -0.2) is 6.04 Å². The topological polar surface area (TPSA) is 26.0 Å². The second-order valence-electron chi connectivity index (χ2n) is 5.43. The average Bonchev–Trinajstić information content (AvgIpc) is 2.30. The molecule has 0 saturated heterocycles. The van der Waals surface area contributed by atoms with Crippen LogP contribution in [-0.2, 0) is 0 Å². The lowest BCUT2D eigenvalue weighted by Crippen LogP contribution is -2.25. The highest BCUT2D eigenvalue weighted by molar-refractivity contribution is 5.27. The third kappa shape index (κ3) is 3.57. The van der Waals surface area contributed by atoms with Crippen LogP contribution in [0, 0.1) is 0 Å². The molecule has 1 aliphatic rings. The summed E-state index contributed by atoms with van der Waals surface area (Å²) in [4.78, 5) is 0. The zero-order chi connectivity index (χ0) is 11.5. The van der Waals surface area contributed by atoms with E-state index in [1.165, 1.54) is 36.8 Å². The highest BCUT2D eigenvalue weighted by atomic mass is 14.6. The van der Waals surface area contributed by atoms with Gasteiger partial charge in [0.05, 0.1) is 0 Å². The highest BCUT2D eigenvalue weighted by Gasteiger charge is 2.19. The molecule has 0 spiro atoms. The van der Waals surface area contributed by atoms with Crippen molar-refractivity contribution >= 4 is 0 Å². The molecule has 17 heavy (non-hydrogen) atoms. The Hall–Kier alpha value is -0.820. The minimum Gasteiger partial charge on any atom is -0.328 e. The third-order valence-electron chi connectivity index (χ3n) is 3.85. The molecule has 0 amide bonds. The molecule has 0 aromatic heterocycles. The van der Waals surface area contributed by atoms with Crippen LogP contribution in [0.4, 0.5) is 0 Å². The molecule has 2 N–H and O–H groups in total. The van der Waals surface area contributed by atoms with E-state index in [4.69, 9.17) is 5.73 Å². The minimum atomic E-state index is 0. The summed E-state index contributed by atoms with van der Waals surface area (Å²) in [6.07, 6.45) is 4.91. The molecule has 96 valence electrons. The van der Waals surface area contributed by atoms with Gasteiger partial charge in [-0.3, -0.25) is 0 Å². The SMILES string of the molecule is C.CC(C)c1ccc(C2CCC(N)CC2)cc1. The van der Waals surface area contributed by atoms with Crippen LogP contribution in [0.2, 0.25) is 0 Å². The van der Waals surface area contributed by atoms with E-state index in [1.807, 2.05) is 0 Å². The first-order valence-corrected chi connectivity index (χ1v) is 6.52. The van der Waals surface area contributed by atoms with Gasteiger partial charge in [0.15, 0.2) is 0 Å². The van der Waals surface area contributed by atoms with E-state index in [0.29, 0.717) is 12.0 Å². The summed E-state index contributed by atoms with van der Waals surface area (Å²) in [5.74, 6) is 1.38. The van der Waals surface area contributed by atoms with Crippen molar-refractivity contribution in [1.29, 1.82) is 0 Å². The maximum Gasteiger partial charge on any atom is 0.00392 e. The Kier molecular flexibility index (Phi) is 5.20. The number of benzene rings is 1. The maximum atomic E-state index is 5.94. The van der Waals surface area contributed by atoms with Crippen LogP contribution < -0.4 is 5.73 Å². The van der Waals surface area contributed by atoms with Gasteiger partial charge >= 0.3 is 0 Å². The van der Waals surface area contributed by atoms with Gasteiger partial charge in [-0.25, -0.2) is 0 Å². The van der Waals surface area contributed by atoms with Crippen LogP contribution in [0.5, 0.6) is 0 Å². The van der Waals surface area contributed by atoms with E-state index >= 15 is 0 Å². The van der Waals surface area contributed by atoms with Crippen molar-refractivity contribution in [3.05, 3.63) is 35.4 Å². The quantitative estimate of drug-likeness (QED) is 0.803. The summed E-state index contributed by atoms with van der Waals surface area (Å²) < 4.78 is 0. The van der Waals surface area contributed by atoms with Crippen molar-refractivity contribution in [1.82, 2.24) is 0 Å².